The summed E-state index contributed by atoms with van der Waals surface area (Å²) in [5.41, 5.74) is 6.80. The molecule has 0 bridgehead atoms. The molecule has 22 heavy (non-hydrogen) atoms. The van der Waals surface area contributed by atoms with Gasteiger partial charge >= 0.3 is 0 Å². The number of hydrogen-bond donors (Lipinski definition) is 2. The third-order valence-corrected chi connectivity index (χ3v) is 3.89. The van der Waals surface area contributed by atoms with Gasteiger partial charge in [0.2, 0.25) is 5.91 Å². The number of rotatable bonds is 5. The van der Waals surface area contributed by atoms with Crippen LogP contribution in [0, 0.1) is 5.92 Å². The van der Waals surface area contributed by atoms with Crippen molar-refractivity contribution in [3.05, 3.63) is 30.1 Å². The lowest BCUT2D eigenvalue weighted by Gasteiger charge is -2.32. The first-order valence-corrected chi connectivity index (χ1v) is 7.30. The van der Waals surface area contributed by atoms with Gasteiger partial charge < -0.3 is 11.1 Å². The summed E-state index contributed by atoms with van der Waals surface area (Å²) >= 11 is 0. The van der Waals surface area contributed by atoms with Crippen molar-refractivity contribution in [3.8, 4) is 0 Å². The summed E-state index contributed by atoms with van der Waals surface area (Å²) in [6.45, 7) is 5.28. The Bertz CT molecular complexity index is 425. The minimum absolute atomic E-state index is 0. The zero-order valence-electron chi connectivity index (χ0n) is 12.9. The number of aromatic nitrogens is 1. The second-order valence-corrected chi connectivity index (χ2v) is 5.55. The van der Waals surface area contributed by atoms with Gasteiger partial charge in [-0.25, -0.2) is 0 Å². The quantitative estimate of drug-likeness (QED) is 0.847. The number of nitrogens with one attached hydrogen (secondary N) is 1. The molecule has 0 saturated carbocycles. The molecule has 1 atom stereocenters. The molecule has 1 amide bonds. The Morgan fingerprint density at radius 3 is 2.50 bits per heavy atom. The number of carbonyl (C=O) groups is 1. The molecule has 7 heteroatoms. The highest BCUT2D eigenvalue weighted by Crippen LogP contribution is 2.14. The fourth-order valence-electron chi connectivity index (χ4n) is 2.43. The Morgan fingerprint density at radius 1 is 1.36 bits per heavy atom. The van der Waals surface area contributed by atoms with Crippen molar-refractivity contribution in [2.24, 2.45) is 11.7 Å². The Hall–Kier alpha value is -0.880. The largest absolute Gasteiger partial charge is 0.353 e. The van der Waals surface area contributed by atoms with E-state index in [1.807, 2.05) is 19.3 Å². The highest BCUT2D eigenvalue weighted by Gasteiger charge is 2.22. The summed E-state index contributed by atoms with van der Waals surface area (Å²) in [6, 6.07) is 4.40. The van der Waals surface area contributed by atoms with Gasteiger partial charge in [0.1, 0.15) is 0 Å². The van der Waals surface area contributed by atoms with Crippen LogP contribution in [0.5, 0.6) is 0 Å². The van der Waals surface area contributed by atoms with Crippen molar-refractivity contribution in [1.29, 1.82) is 0 Å². The number of pyridine rings is 1. The van der Waals surface area contributed by atoms with Gasteiger partial charge in [0.25, 0.3) is 0 Å². The van der Waals surface area contributed by atoms with Gasteiger partial charge in [-0.1, -0.05) is 6.92 Å². The van der Waals surface area contributed by atoms with Gasteiger partial charge in [-0.05, 0) is 30.5 Å². The van der Waals surface area contributed by atoms with Crippen molar-refractivity contribution in [2.75, 3.05) is 19.6 Å². The molecule has 3 N–H and O–H groups in total. The van der Waals surface area contributed by atoms with Crippen LogP contribution in [-0.4, -0.2) is 41.5 Å². The molecule has 0 aromatic carbocycles. The van der Waals surface area contributed by atoms with Crippen LogP contribution in [0.15, 0.2) is 24.5 Å². The standard InChI is InChI=1S/C15H24N4O.2ClH/c1-12(10-16)15(20)18-14-4-8-19(9-5-14)11-13-2-6-17-7-3-13;;/h2-3,6-7,12,14H,4-5,8-11,16H2,1H3,(H,18,20);2*1H. The van der Waals surface area contributed by atoms with Gasteiger partial charge in [-0.15, -0.1) is 24.8 Å². The third-order valence-electron chi connectivity index (χ3n) is 3.89. The smallest absolute Gasteiger partial charge is 0.224 e. The number of likely N-dealkylation sites (tertiary alicyclic amines) is 1. The van der Waals surface area contributed by atoms with E-state index < -0.39 is 0 Å². The summed E-state index contributed by atoms with van der Waals surface area (Å²) < 4.78 is 0. The molecule has 1 aromatic heterocycles. The molecular formula is C15H26Cl2N4O. The van der Waals surface area contributed by atoms with E-state index in [1.54, 1.807) is 0 Å². The monoisotopic (exact) mass is 348 g/mol. The SMILES string of the molecule is CC(CN)C(=O)NC1CCN(Cc2ccncc2)CC1.Cl.Cl. The van der Waals surface area contributed by atoms with Gasteiger partial charge in [0.05, 0.1) is 0 Å². The number of halogens is 2. The average Bonchev–Trinajstić information content (AvgIpc) is 2.49. The van der Waals surface area contributed by atoms with Crippen LogP contribution >= 0.6 is 24.8 Å². The molecule has 126 valence electrons. The predicted octanol–water partition coefficient (Wildman–Crippen LogP) is 1.60. The maximum atomic E-state index is 11.8. The Balaban J connectivity index is 0.00000220. The summed E-state index contributed by atoms with van der Waals surface area (Å²) in [5.74, 6) is -0.00932. The van der Waals surface area contributed by atoms with E-state index in [1.165, 1.54) is 5.56 Å². The Labute approximate surface area is 144 Å². The fourth-order valence-corrected chi connectivity index (χ4v) is 2.43. The molecule has 2 heterocycles. The Morgan fingerprint density at radius 2 is 1.95 bits per heavy atom. The molecule has 1 aliphatic heterocycles. The molecule has 0 aliphatic carbocycles. The molecular weight excluding hydrogens is 323 g/mol. The highest BCUT2D eigenvalue weighted by molar-refractivity contribution is 5.85. The predicted molar refractivity (Wildman–Crippen MR) is 93.4 cm³/mol. The molecule has 1 saturated heterocycles. The number of amides is 1. The normalized spacial score (nSPS) is 17.0. The maximum Gasteiger partial charge on any atom is 0.224 e. The molecule has 0 radical (unpaired) electrons. The fraction of sp³-hybridized carbons (Fsp3) is 0.600. The highest BCUT2D eigenvalue weighted by atomic mass is 35.5. The van der Waals surface area contributed by atoms with E-state index in [4.69, 9.17) is 5.73 Å². The second kappa shape index (κ2) is 10.8. The second-order valence-electron chi connectivity index (χ2n) is 5.55. The first-order valence-electron chi connectivity index (χ1n) is 7.30. The van der Waals surface area contributed by atoms with Crippen molar-refractivity contribution in [3.63, 3.8) is 0 Å². The molecule has 2 rings (SSSR count). The van der Waals surface area contributed by atoms with Gasteiger partial charge in [0, 0.05) is 50.5 Å². The average molecular weight is 349 g/mol. The molecule has 1 aromatic rings. The number of nitrogens with two attached hydrogens (primary N) is 1. The van der Waals surface area contributed by atoms with Crippen molar-refractivity contribution < 1.29 is 4.79 Å². The van der Waals surface area contributed by atoms with Crippen LogP contribution in [0.25, 0.3) is 0 Å². The zero-order chi connectivity index (χ0) is 14.4. The summed E-state index contributed by atoms with van der Waals surface area (Å²) in [4.78, 5) is 18.3. The number of nitrogens with zero attached hydrogens (tertiary/aromatic N) is 2. The van der Waals surface area contributed by atoms with Crippen LogP contribution < -0.4 is 11.1 Å². The first kappa shape index (κ1) is 21.1. The lowest BCUT2D eigenvalue weighted by molar-refractivity contribution is -0.125. The first-order chi connectivity index (χ1) is 9.69. The minimum Gasteiger partial charge on any atom is -0.353 e. The molecule has 1 fully saturated rings. The van der Waals surface area contributed by atoms with E-state index in [9.17, 15) is 4.79 Å². The topological polar surface area (TPSA) is 71.2 Å². The van der Waals surface area contributed by atoms with Crippen molar-refractivity contribution in [1.82, 2.24) is 15.2 Å². The number of piperidine rings is 1. The Kier molecular flexibility index (Phi) is 10.3. The van der Waals surface area contributed by atoms with Crippen molar-refractivity contribution in [2.45, 2.75) is 32.4 Å². The van der Waals surface area contributed by atoms with Gasteiger partial charge in [-0.2, -0.15) is 0 Å². The summed E-state index contributed by atoms with van der Waals surface area (Å²) in [7, 11) is 0. The van der Waals surface area contributed by atoms with E-state index in [0.717, 1.165) is 32.5 Å². The van der Waals surface area contributed by atoms with Gasteiger partial charge in [-0.3, -0.25) is 14.7 Å². The molecule has 1 unspecified atom stereocenters. The summed E-state index contributed by atoms with van der Waals surface area (Å²) in [5, 5.41) is 3.10. The number of carbonyl (C=O) groups excluding carboxylic acids is 1. The number of hydrogen-bond acceptors (Lipinski definition) is 4. The lowest BCUT2D eigenvalue weighted by Crippen LogP contribution is -2.46. The minimum atomic E-state index is -0.0927. The maximum absolute atomic E-state index is 11.8. The molecule has 1 aliphatic rings. The van der Waals surface area contributed by atoms with E-state index in [-0.39, 0.29) is 36.6 Å². The van der Waals surface area contributed by atoms with Crippen LogP contribution in [-0.2, 0) is 11.3 Å². The van der Waals surface area contributed by atoms with Crippen LogP contribution in [0.2, 0.25) is 0 Å². The van der Waals surface area contributed by atoms with Crippen LogP contribution in [0.3, 0.4) is 0 Å². The van der Waals surface area contributed by atoms with Crippen LogP contribution in [0.4, 0.5) is 0 Å². The van der Waals surface area contributed by atoms with Gasteiger partial charge in [0.15, 0.2) is 0 Å². The molecule has 0 spiro atoms. The molecule has 5 nitrogen and oxygen atoms in total. The third kappa shape index (κ3) is 6.48. The van der Waals surface area contributed by atoms with Crippen molar-refractivity contribution >= 4 is 30.7 Å². The lowest BCUT2D eigenvalue weighted by atomic mass is 10.0. The van der Waals surface area contributed by atoms with Crippen LogP contribution in [0.1, 0.15) is 25.3 Å². The van der Waals surface area contributed by atoms with E-state index in [2.05, 4.69) is 27.3 Å². The zero-order valence-corrected chi connectivity index (χ0v) is 14.5. The van der Waals surface area contributed by atoms with E-state index in [0.29, 0.717) is 12.6 Å². The summed E-state index contributed by atoms with van der Waals surface area (Å²) in [6.07, 6.45) is 5.68. The van der Waals surface area contributed by atoms with E-state index >= 15 is 0 Å².